The first kappa shape index (κ1) is 107. The van der Waals surface area contributed by atoms with Gasteiger partial charge in [-0.15, -0.1) is 0 Å². The number of piperazine rings is 3. The normalized spacial score (nSPS) is 16.6. The maximum atomic E-state index is 15.8. The van der Waals surface area contributed by atoms with Gasteiger partial charge in [-0.3, -0.25) is 57.4 Å². The molecule has 6 atom stereocenters. The minimum Gasteiger partial charge on any atom is -0.396 e. The number of aromatic nitrogens is 9. The quantitative estimate of drug-likeness (QED) is 0.0371. The Morgan fingerprint density at radius 2 is 0.638 bits per heavy atom. The number of nitriles is 3. The van der Waals surface area contributed by atoms with Crippen LogP contribution >= 0.6 is 139 Å². The van der Waals surface area contributed by atoms with Gasteiger partial charge in [-0.25, -0.2) is 28.1 Å². The first-order valence-corrected chi connectivity index (χ1v) is 48.4. The number of hydrogen-bond acceptors (Lipinski definition) is 21. The van der Waals surface area contributed by atoms with E-state index in [4.69, 9.17) is 171 Å². The van der Waals surface area contributed by atoms with E-state index >= 15 is 13.2 Å². The van der Waals surface area contributed by atoms with Crippen LogP contribution in [0.5, 0.6) is 0 Å². The molecule has 0 spiro atoms. The SMILES string of the molecule is C=CC(=O)N1[C@H](C)CN(c2c(C#N)c(=O)n(-c3c(C)ccnc3C(C)C)c3nc(-c4c(Cl)c(N)c(Cl)c(F)c4Cl)c(Cl)cc23)C[C@@H]1C.C=CC(=O)N1[C@H](C)CN(c2c(C#N)c(=O)n(-c3c(C)ccnc3C(C)C)c3nc(-c4c(Cl)c(N)c(Cl)c(F)c4Cl)c(Cl)cc23)C[C@@H]1C.C=CC(=O)N1[C@H](C)CN(c2c(C#N)c(=O)n(-c3c(C)ccnc3C(C)C)c3nc(-c4c(F)c(N)c(Cl)c(Cl)c4Cl)c(Cl)cc23)C[C@@H]1C. The van der Waals surface area contributed by atoms with Crippen molar-refractivity contribution in [3.05, 3.63) is 252 Å². The van der Waals surface area contributed by atoms with Gasteiger partial charge in [0.1, 0.15) is 61.9 Å². The molecule has 15 rings (SSSR count). The molecule has 0 saturated carbocycles. The average Bonchev–Trinajstić information content (AvgIpc) is 0.725. The smallest absolute Gasteiger partial charge is 0.276 e. The number of nitrogens with zero attached hydrogens (tertiary/aromatic N) is 18. The lowest BCUT2D eigenvalue weighted by Crippen LogP contribution is -2.58. The molecule has 0 unspecified atom stereocenters. The summed E-state index contributed by atoms with van der Waals surface area (Å²) >= 11 is 77.7. The number of fused-ring (bicyclic) bond motifs is 3. The van der Waals surface area contributed by atoms with Gasteiger partial charge in [0, 0.05) is 121 Å². The molecule has 9 aromatic heterocycles. The van der Waals surface area contributed by atoms with Crippen LogP contribution in [0.4, 0.5) is 47.3 Å². The second-order valence-corrected chi connectivity index (χ2v) is 40.0. The Bertz CT molecular complexity index is 6860. The van der Waals surface area contributed by atoms with Gasteiger partial charge in [-0.05, 0) is 151 Å². The zero-order valence-electron chi connectivity index (χ0n) is 78.4. The van der Waals surface area contributed by atoms with Gasteiger partial charge in [0.05, 0.1) is 141 Å². The van der Waals surface area contributed by atoms with Crippen LogP contribution in [0.2, 0.25) is 60.3 Å². The number of aryl methyl sites for hydroxylation is 3. The molecule has 12 aromatic rings. The van der Waals surface area contributed by atoms with Gasteiger partial charge in [-0.2, -0.15) is 15.8 Å². The summed E-state index contributed by atoms with van der Waals surface area (Å²) in [6.07, 6.45) is 8.70. The van der Waals surface area contributed by atoms with Crippen molar-refractivity contribution in [2.75, 3.05) is 71.2 Å². The van der Waals surface area contributed by atoms with Gasteiger partial charge in [0.15, 0.2) is 17.5 Å². The van der Waals surface area contributed by atoms with Gasteiger partial charge >= 0.3 is 0 Å². The molecule has 3 fully saturated rings. The van der Waals surface area contributed by atoms with E-state index in [-0.39, 0.29) is 236 Å². The maximum Gasteiger partial charge on any atom is 0.276 e. The van der Waals surface area contributed by atoms with Crippen molar-refractivity contribution in [1.29, 1.82) is 15.8 Å². The summed E-state index contributed by atoms with van der Waals surface area (Å²) in [5.41, 5.74) is 20.0. The number of amides is 3. The molecule has 0 bridgehead atoms. The Labute approximate surface area is 869 Å². The van der Waals surface area contributed by atoms with Crippen LogP contribution in [0.1, 0.15) is 151 Å². The van der Waals surface area contributed by atoms with Crippen molar-refractivity contribution in [3.63, 3.8) is 0 Å². The zero-order chi connectivity index (χ0) is 104. The molecular formula is C99H90Cl12F3N21O6. The van der Waals surface area contributed by atoms with E-state index in [0.29, 0.717) is 78.4 Å². The number of carbonyl (C=O) groups excluding carboxylic acids is 3. The molecule has 141 heavy (non-hydrogen) atoms. The molecule has 732 valence electrons. The first-order valence-electron chi connectivity index (χ1n) is 43.9. The van der Waals surface area contributed by atoms with Crippen molar-refractivity contribution in [3.8, 4) is 69.0 Å². The van der Waals surface area contributed by atoms with E-state index in [1.807, 2.05) is 119 Å². The highest BCUT2D eigenvalue weighted by molar-refractivity contribution is 6.51. The molecule has 3 aliphatic heterocycles. The zero-order valence-corrected chi connectivity index (χ0v) is 87.5. The molecular weight excluding hydrogens is 2060 g/mol. The molecule has 0 radical (unpaired) electrons. The van der Waals surface area contributed by atoms with Gasteiger partial charge in [0.25, 0.3) is 16.7 Å². The third-order valence-electron chi connectivity index (χ3n) is 24.9. The molecule has 6 N–H and O–H groups in total. The summed E-state index contributed by atoms with van der Waals surface area (Å²) in [6, 6.07) is 14.4. The summed E-state index contributed by atoms with van der Waals surface area (Å²) < 4.78 is 50.1. The van der Waals surface area contributed by atoms with Crippen LogP contribution in [0.15, 0.2) is 107 Å². The van der Waals surface area contributed by atoms with E-state index in [2.05, 4.69) is 52.9 Å². The van der Waals surface area contributed by atoms with Gasteiger partial charge < -0.3 is 46.6 Å². The number of pyridine rings is 9. The Kier molecular flexibility index (Phi) is 31.9. The standard InChI is InChI=1S/3C33H30Cl4FN7O2/c1-7-21(46)44-16(5)12-43(13-17(44)6)31-18-10-20(34)29(22-23(35)24(36)25(37)27(40)26(22)38)42-32(18)45(33(47)19(31)11-39)30-15(4)8-9-41-28(30)14(2)3;2*1-7-21(46)44-16(5)12-43(13-17(44)6)31-18-10-20(34)29(22-23(35)26(38)25(37)27(40)24(22)36)42-32(18)45(33(47)19(31)11-39)30-15(4)8-9-41-28(30)14(2)3/h3*7-10,14,16-17H,1,12-13,40H2,2-6H3/t3*16-,17+. The van der Waals surface area contributed by atoms with Crippen molar-refractivity contribution in [1.82, 2.24) is 58.3 Å². The minimum absolute atomic E-state index is 0.00804. The highest BCUT2D eigenvalue weighted by Crippen LogP contribution is 2.52. The monoisotopic (exact) mass is 2150 g/mol. The van der Waals surface area contributed by atoms with Crippen molar-refractivity contribution < 1.29 is 27.6 Å². The van der Waals surface area contributed by atoms with E-state index in [0.717, 1.165) is 0 Å². The number of benzene rings is 3. The number of carbonyl (C=O) groups is 3. The fourth-order valence-electron chi connectivity index (χ4n) is 18.8. The van der Waals surface area contributed by atoms with Gasteiger partial charge in [-0.1, -0.05) is 200 Å². The Morgan fingerprint density at radius 1 is 0.383 bits per heavy atom. The summed E-state index contributed by atoms with van der Waals surface area (Å²) in [7, 11) is 0. The number of anilines is 6. The molecule has 0 aliphatic carbocycles. The molecule has 3 aliphatic rings. The maximum absolute atomic E-state index is 15.8. The minimum atomic E-state index is -1.01. The Balaban J connectivity index is 0.000000178. The molecule has 3 amide bonds. The lowest BCUT2D eigenvalue weighted by molar-refractivity contribution is -0.131. The van der Waals surface area contributed by atoms with E-state index in [1.165, 1.54) is 50.1 Å². The highest BCUT2D eigenvalue weighted by atomic mass is 35.5. The Hall–Kier alpha value is -11.6. The average molecular weight is 2150 g/mol. The van der Waals surface area contributed by atoms with Crippen LogP contribution < -0.4 is 48.6 Å². The first-order chi connectivity index (χ1) is 66.5. The second-order valence-electron chi connectivity index (χ2n) is 35.3. The van der Waals surface area contributed by atoms with Crippen LogP contribution in [0, 0.1) is 72.2 Å². The van der Waals surface area contributed by atoms with Crippen molar-refractivity contribution >= 4 is 224 Å². The largest absolute Gasteiger partial charge is 0.396 e. The predicted molar refractivity (Wildman–Crippen MR) is 560 cm³/mol. The van der Waals surface area contributed by atoms with E-state index in [9.17, 15) is 44.6 Å². The summed E-state index contributed by atoms with van der Waals surface area (Å²) in [4.78, 5) is 121. The number of rotatable bonds is 15. The molecule has 3 saturated heterocycles. The number of halogens is 15. The number of nitrogen functional groups attached to an aromatic ring is 3. The van der Waals surface area contributed by atoms with Crippen molar-refractivity contribution in [2.24, 2.45) is 0 Å². The number of nitrogens with two attached hydrogens (primary N) is 3. The van der Waals surface area contributed by atoms with Crippen LogP contribution in [-0.4, -0.2) is 152 Å². The fourth-order valence-corrected chi connectivity index (χ4v) is 22.0. The van der Waals surface area contributed by atoms with Crippen LogP contribution in [-0.2, 0) is 14.4 Å². The lowest BCUT2D eigenvalue weighted by Gasteiger charge is -2.45. The number of hydrogen-bond donors (Lipinski definition) is 3. The molecule has 3 aromatic carbocycles. The predicted octanol–water partition coefficient (Wildman–Crippen LogP) is 23.1. The topological polar surface area (TPSA) is 363 Å². The molecule has 12 heterocycles. The van der Waals surface area contributed by atoms with Gasteiger partial charge in [0.2, 0.25) is 17.7 Å². The van der Waals surface area contributed by atoms with E-state index in [1.54, 1.807) is 51.5 Å². The lowest BCUT2D eigenvalue weighted by atomic mass is 10.0. The highest BCUT2D eigenvalue weighted by Gasteiger charge is 2.42. The van der Waals surface area contributed by atoms with Crippen LogP contribution in [0.3, 0.4) is 0 Å². The fraction of sp³-hybridized carbons (Fsp3) is 0.303. The third-order valence-corrected chi connectivity index (χ3v) is 29.4. The van der Waals surface area contributed by atoms with Crippen LogP contribution in [0.25, 0.3) is 83.9 Å². The summed E-state index contributed by atoms with van der Waals surface area (Å²) in [5, 5.41) is 29.7. The summed E-state index contributed by atoms with van der Waals surface area (Å²) in [5.74, 6) is -4.09. The summed E-state index contributed by atoms with van der Waals surface area (Å²) in [6.45, 7) is 40.8. The van der Waals surface area contributed by atoms with Crippen molar-refractivity contribution in [2.45, 2.75) is 158 Å². The third kappa shape index (κ3) is 18.8. The second kappa shape index (κ2) is 42.1. The van der Waals surface area contributed by atoms with E-state index < -0.39 is 59.9 Å². The molecule has 27 nitrogen and oxygen atoms in total. The molecule has 42 heteroatoms. The Morgan fingerprint density at radius 3 is 0.879 bits per heavy atom.